The maximum Gasteiger partial charge on any atom is 0.243 e. The van der Waals surface area contributed by atoms with Crippen LogP contribution in [0.4, 0.5) is 5.69 Å². The van der Waals surface area contributed by atoms with Crippen LogP contribution in [0, 0.1) is 12.8 Å². The molecule has 2 aliphatic rings. The van der Waals surface area contributed by atoms with Gasteiger partial charge >= 0.3 is 0 Å². The summed E-state index contributed by atoms with van der Waals surface area (Å²) < 4.78 is 27.2. The van der Waals surface area contributed by atoms with Gasteiger partial charge in [0.05, 0.1) is 4.90 Å². The topological polar surface area (TPSA) is 69.7 Å². The predicted octanol–water partition coefficient (Wildman–Crippen LogP) is 3.31. The Kier molecular flexibility index (Phi) is 6.62. The summed E-state index contributed by atoms with van der Waals surface area (Å²) in [6.45, 7) is 5.42. The van der Waals surface area contributed by atoms with Crippen LogP contribution >= 0.6 is 0 Å². The normalized spacial score (nSPS) is 18.3. The van der Waals surface area contributed by atoms with Crippen molar-refractivity contribution in [3.63, 3.8) is 0 Å². The molecule has 0 spiro atoms. The monoisotopic (exact) mass is 441 g/mol. The number of amides is 1. The van der Waals surface area contributed by atoms with Gasteiger partial charge in [-0.3, -0.25) is 4.79 Å². The van der Waals surface area contributed by atoms with Crippen molar-refractivity contribution in [2.75, 3.05) is 31.1 Å². The van der Waals surface area contributed by atoms with Crippen molar-refractivity contribution >= 4 is 21.6 Å². The minimum Gasteiger partial charge on any atom is -0.372 e. The summed E-state index contributed by atoms with van der Waals surface area (Å²) in [6.07, 6.45) is 3.60. The summed E-state index contributed by atoms with van der Waals surface area (Å²) in [5.41, 5.74) is 3.35. The minimum absolute atomic E-state index is 0.0102. The third-order valence-electron chi connectivity index (χ3n) is 6.36. The second kappa shape index (κ2) is 9.40. The lowest BCUT2D eigenvalue weighted by Gasteiger charge is -2.30. The highest BCUT2D eigenvalue weighted by molar-refractivity contribution is 7.89. The molecule has 4 rings (SSSR count). The van der Waals surface area contributed by atoms with Gasteiger partial charge in [0.15, 0.2) is 0 Å². The molecular formula is C24H31N3O3S. The summed E-state index contributed by atoms with van der Waals surface area (Å²) in [5, 5.41) is 3.03. The van der Waals surface area contributed by atoms with E-state index in [0.29, 0.717) is 37.4 Å². The molecule has 0 aliphatic carbocycles. The van der Waals surface area contributed by atoms with E-state index in [-0.39, 0.29) is 11.8 Å². The Bertz CT molecular complexity index is 989. The molecule has 0 bridgehead atoms. The smallest absolute Gasteiger partial charge is 0.243 e. The van der Waals surface area contributed by atoms with Crippen LogP contribution in [-0.2, 0) is 21.4 Å². The number of nitrogens with zero attached hydrogens (tertiary/aromatic N) is 2. The summed E-state index contributed by atoms with van der Waals surface area (Å²) in [5.74, 6) is -0.135. The molecule has 0 saturated carbocycles. The quantitative estimate of drug-likeness (QED) is 0.747. The van der Waals surface area contributed by atoms with Crippen LogP contribution in [0.15, 0.2) is 53.4 Å². The molecule has 166 valence electrons. The summed E-state index contributed by atoms with van der Waals surface area (Å²) >= 11 is 0. The molecule has 1 amide bonds. The number of anilines is 1. The van der Waals surface area contributed by atoms with Crippen LogP contribution in [0.1, 0.15) is 36.8 Å². The maximum atomic E-state index is 12.8. The number of sulfonamides is 1. The third-order valence-corrected chi connectivity index (χ3v) is 8.27. The van der Waals surface area contributed by atoms with Gasteiger partial charge in [-0.25, -0.2) is 8.42 Å². The highest BCUT2D eigenvalue weighted by Crippen LogP contribution is 2.25. The molecular weight excluding hydrogens is 410 g/mol. The Labute approximate surface area is 185 Å². The Hall–Kier alpha value is -2.38. The van der Waals surface area contributed by atoms with E-state index >= 15 is 0 Å². The fourth-order valence-electron chi connectivity index (χ4n) is 4.35. The fourth-order valence-corrected chi connectivity index (χ4v) is 5.82. The molecule has 1 N–H and O–H groups in total. The highest BCUT2D eigenvalue weighted by Gasteiger charge is 2.32. The lowest BCUT2D eigenvalue weighted by atomic mass is 9.97. The van der Waals surface area contributed by atoms with Gasteiger partial charge < -0.3 is 10.2 Å². The van der Waals surface area contributed by atoms with Crippen molar-refractivity contribution in [2.24, 2.45) is 5.92 Å². The van der Waals surface area contributed by atoms with Crippen molar-refractivity contribution < 1.29 is 13.2 Å². The molecule has 0 aromatic heterocycles. The Balaban J connectivity index is 1.27. The minimum atomic E-state index is -3.50. The third kappa shape index (κ3) is 5.10. The first-order valence-corrected chi connectivity index (χ1v) is 12.6. The second-order valence-corrected chi connectivity index (χ2v) is 10.5. The van der Waals surface area contributed by atoms with Crippen LogP contribution < -0.4 is 10.2 Å². The van der Waals surface area contributed by atoms with E-state index in [1.807, 2.05) is 19.1 Å². The molecule has 2 aliphatic heterocycles. The zero-order valence-corrected chi connectivity index (χ0v) is 18.9. The van der Waals surface area contributed by atoms with Crippen molar-refractivity contribution in [3.8, 4) is 0 Å². The number of nitrogens with one attached hydrogen (secondary N) is 1. The average Bonchev–Trinajstić information content (AvgIpc) is 3.33. The number of rotatable bonds is 6. The SMILES string of the molecule is Cc1ccc(S(=O)(=O)N2CCC(C(=O)NCc3ccc(N4CCCC4)cc3)CC2)cc1. The number of carbonyl (C=O) groups excluding carboxylic acids is 1. The summed E-state index contributed by atoms with van der Waals surface area (Å²) in [4.78, 5) is 15.3. The van der Waals surface area contributed by atoms with E-state index in [4.69, 9.17) is 0 Å². The molecule has 0 radical (unpaired) electrons. The molecule has 6 nitrogen and oxygen atoms in total. The molecule has 2 saturated heterocycles. The van der Waals surface area contributed by atoms with Gasteiger partial charge in [0, 0.05) is 44.3 Å². The molecule has 0 atom stereocenters. The fraction of sp³-hybridized carbons (Fsp3) is 0.458. The van der Waals surface area contributed by atoms with E-state index in [0.717, 1.165) is 24.2 Å². The molecule has 7 heteroatoms. The average molecular weight is 442 g/mol. The van der Waals surface area contributed by atoms with Crippen molar-refractivity contribution in [1.29, 1.82) is 0 Å². The van der Waals surface area contributed by atoms with E-state index < -0.39 is 10.0 Å². The van der Waals surface area contributed by atoms with E-state index in [9.17, 15) is 13.2 Å². The predicted molar refractivity (Wildman–Crippen MR) is 122 cm³/mol. The van der Waals surface area contributed by atoms with Gasteiger partial charge in [-0.2, -0.15) is 4.31 Å². The second-order valence-electron chi connectivity index (χ2n) is 8.57. The molecule has 2 heterocycles. The van der Waals surface area contributed by atoms with Gasteiger partial charge in [0.1, 0.15) is 0 Å². The standard InChI is InChI=1S/C24H31N3O3S/c1-19-4-10-23(11-5-19)31(29,30)27-16-12-21(13-17-27)24(28)25-18-20-6-8-22(9-7-20)26-14-2-3-15-26/h4-11,21H,2-3,12-18H2,1H3,(H,25,28). The molecule has 2 aromatic carbocycles. The number of piperidine rings is 1. The largest absolute Gasteiger partial charge is 0.372 e. The van der Waals surface area contributed by atoms with Crippen molar-refractivity contribution in [2.45, 2.75) is 44.0 Å². The molecule has 0 unspecified atom stereocenters. The first-order chi connectivity index (χ1) is 14.9. The van der Waals surface area contributed by atoms with Crippen LogP contribution in [0.5, 0.6) is 0 Å². The summed E-state index contributed by atoms with van der Waals surface area (Å²) in [6, 6.07) is 15.3. The Morgan fingerprint density at radius 3 is 2.16 bits per heavy atom. The Morgan fingerprint density at radius 1 is 0.935 bits per heavy atom. The Morgan fingerprint density at radius 2 is 1.55 bits per heavy atom. The molecule has 31 heavy (non-hydrogen) atoms. The van der Waals surface area contributed by atoms with E-state index in [1.54, 1.807) is 12.1 Å². The van der Waals surface area contributed by atoms with Gasteiger partial charge in [0.2, 0.25) is 15.9 Å². The van der Waals surface area contributed by atoms with Crippen molar-refractivity contribution in [3.05, 3.63) is 59.7 Å². The van der Waals surface area contributed by atoms with Gasteiger partial charge in [-0.15, -0.1) is 0 Å². The van der Waals surface area contributed by atoms with Gasteiger partial charge in [-0.05, 0) is 62.4 Å². The lowest BCUT2D eigenvalue weighted by molar-refractivity contribution is -0.126. The number of hydrogen-bond acceptors (Lipinski definition) is 4. The van der Waals surface area contributed by atoms with Crippen LogP contribution in [0.2, 0.25) is 0 Å². The number of benzene rings is 2. The molecule has 2 aromatic rings. The zero-order valence-electron chi connectivity index (χ0n) is 18.1. The number of carbonyl (C=O) groups is 1. The van der Waals surface area contributed by atoms with Crippen molar-refractivity contribution in [1.82, 2.24) is 9.62 Å². The maximum absolute atomic E-state index is 12.8. The van der Waals surface area contributed by atoms with E-state index in [1.165, 1.54) is 22.8 Å². The first-order valence-electron chi connectivity index (χ1n) is 11.1. The van der Waals surface area contributed by atoms with Crippen LogP contribution in [0.25, 0.3) is 0 Å². The number of hydrogen-bond donors (Lipinski definition) is 1. The van der Waals surface area contributed by atoms with Gasteiger partial charge in [0.25, 0.3) is 0 Å². The van der Waals surface area contributed by atoms with Crippen LogP contribution in [-0.4, -0.2) is 44.8 Å². The van der Waals surface area contributed by atoms with E-state index in [2.05, 4.69) is 34.5 Å². The lowest BCUT2D eigenvalue weighted by Crippen LogP contribution is -2.42. The highest BCUT2D eigenvalue weighted by atomic mass is 32.2. The molecule has 2 fully saturated rings. The summed E-state index contributed by atoms with van der Waals surface area (Å²) in [7, 11) is -3.50. The van der Waals surface area contributed by atoms with Crippen LogP contribution in [0.3, 0.4) is 0 Å². The van der Waals surface area contributed by atoms with Gasteiger partial charge in [-0.1, -0.05) is 29.8 Å². The zero-order chi connectivity index (χ0) is 21.8. The first kappa shape index (κ1) is 21.8. The number of aryl methyl sites for hydroxylation is 1.